The third-order valence-corrected chi connectivity index (χ3v) is 7.43. The monoisotopic (exact) mass is 617 g/mol. The van der Waals surface area contributed by atoms with Crippen molar-refractivity contribution in [2.75, 3.05) is 22.7 Å². The minimum atomic E-state index is -5.26. The molecule has 0 aliphatic carbocycles. The molecule has 41 heavy (non-hydrogen) atoms. The summed E-state index contributed by atoms with van der Waals surface area (Å²) >= 11 is 0. The molecule has 0 saturated heterocycles. The molecule has 1 unspecified atom stereocenters. The Morgan fingerprint density at radius 3 is 2.27 bits per heavy atom. The molecular formula is C23H22F7N3O7S. The van der Waals surface area contributed by atoms with Crippen LogP contribution in [0.2, 0.25) is 0 Å². The van der Waals surface area contributed by atoms with E-state index in [9.17, 15) is 48.7 Å². The van der Waals surface area contributed by atoms with Crippen molar-refractivity contribution in [2.45, 2.75) is 48.9 Å². The van der Waals surface area contributed by atoms with E-state index < -0.39 is 76.0 Å². The molecular weight excluding hydrogens is 595 g/mol. The summed E-state index contributed by atoms with van der Waals surface area (Å²) in [5.74, 6) is -2.80. The number of alkyl halides is 6. The highest BCUT2D eigenvalue weighted by Gasteiger charge is 2.51. The Kier molecular flexibility index (Phi) is 8.69. The van der Waals surface area contributed by atoms with Crippen LogP contribution in [0.1, 0.15) is 13.8 Å². The van der Waals surface area contributed by atoms with Gasteiger partial charge in [0.2, 0.25) is 11.7 Å². The first-order valence-electron chi connectivity index (χ1n) is 11.4. The summed E-state index contributed by atoms with van der Waals surface area (Å²) in [5, 5.41) is 12.9. The van der Waals surface area contributed by atoms with E-state index in [1.165, 1.54) is 0 Å². The second-order valence-corrected chi connectivity index (χ2v) is 11.0. The molecule has 18 heteroatoms. The SMILES string of the molecule is CC(C)(OC(=O)Nc1ccc2c(c1)N(S(=O)(=O)c1ccc(F)cc1)C[C@H](CNC(=O)C(O)C(F)(F)F)O2)C(F)(F)F. The molecule has 1 aliphatic rings. The number of carbonyl (C=O) groups excluding carboxylic acids is 2. The largest absolute Gasteiger partial charge is 0.484 e. The summed E-state index contributed by atoms with van der Waals surface area (Å²) in [7, 11) is -4.54. The van der Waals surface area contributed by atoms with Crippen LogP contribution in [0.4, 0.5) is 46.9 Å². The number of anilines is 2. The predicted molar refractivity (Wildman–Crippen MR) is 127 cm³/mol. The molecule has 0 fully saturated rings. The highest BCUT2D eigenvalue weighted by Crippen LogP contribution is 2.39. The van der Waals surface area contributed by atoms with Gasteiger partial charge in [0.25, 0.3) is 15.9 Å². The maximum Gasteiger partial charge on any atom is 0.427 e. The summed E-state index contributed by atoms with van der Waals surface area (Å²) in [6, 6.07) is 6.77. The first kappa shape index (κ1) is 31.7. The molecule has 3 N–H and O–H groups in total. The second kappa shape index (κ2) is 11.2. The lowest BCUT2D eigenvalue weighted by Gasteiger charge is -2.36. The van der Waals surface area contributed by atoms with Crippen LogP contribution in [0, 0.1) is 5.82 Å². The molecule has 2 amide bonds. The third kappa shape index (κ3) is 7.29. The van der Waals surface area contributed by atoms with E-state index in [0.717, 1.165) is 42.5 Å². The zero-order valence-electron chi connectivity index (χ0n) is 21.0. The summed E-state index contributed by atoms with van der Waals surface area (Å²) in [6.45, 7) is -0.113. The number of hydrogen-bond acceptors (Lipinski definition) is 7. The molecule has 2 aromatic carbocycles. The molecule has 0 spiro atoms. The molecule has 3 rings (SSSR count). The summed E-state index contributed by atoms with van der Waals surface area (Å²) in [4.78, 5) is 23.4. The lowest BCUT2D eigenvalue weighted by molar-refractivity contribution is -0.242. The fraction of sp³-hybridized carbons (Fsp3) is 0.391. The Morgan fingerprint density at radius 1 is 1.10 bits per heavy atom. The highest BCUT2D eigenvalue weighted by molar-refractivity contribution is 7.92. The number of benzene rings is 2. The number of ether oxygens (including phenoxy) is 2. The van der Waals surface area contributed by atoms with Crippen molar-refractivity contribution in [3.05, 3.63) is 48.3 Å². The van der Waals surface area contributed by atoms with E-state index in [4.69, 9.17) is 9.84 Å². The molecule has 1 heterocycles. The van der Waals surface area contributed by atoms with Crippen LogP contribution in [0.5, 0.6) is 5.75 Å². The van der Waals surface area contributed by atoms with Crippen molar-refractivity contribution in [2.24, 2.45) is 0 Å². The number of aliphatic hydroxyl groups is 1. The summed E-state index contributed by atoms with van der Waals surface area (Å²) < 4.78 is 128. The van der Waals surface area contributed by atoms with Gasteiger partial charge in [-0.15, -0.1) is 0 Å². The predicted octanol–water partition coefficient (Wildman–Crippen LogP) is 3.71. The molecule has 0 bridgehead atoms. The smallest absolute Gasteiger partial charge is 0.427 e. The minimum Gasteiger partial charge on any atom is -0.484 e. The van der Waals surface area contributed by atoms with E-state index in [1.54, 1.807) is 0 Å². The molecule has 0 aromatic heterocycles. The van der Waals surface area contributed by atoms with Crippen molar-refractivity contribution in [3.8, 4) is 5.75 Å². The van der Waals surface area contributed by atoms with Crippen LogP contribution in [0.3, 0.4) is 0 Å². The topological polar surface area (TPSA) is 134 Å². The number of aliphatic hydroxyl groups excluding tert-OH is 1. The Morgan fingerprint density at radius 2 is 1.71 bits per heavy atom. The van der Waals surface area contributed by atoms with Crippen LogP contribution < -0.4 is 19.7 Å². The van der Waals surface area contributed by atoms with Crippen LogP contribution >= 0.6 is 0 Å². The lowest BCUT2D eigenvalue weighted by atomic mass is 10.1. The van der Waals surface area contributed by atoms with Gasteiger partial charge in [-0.05, 0) is 56.3 Å². The van der Waals surface area contributed by atoms with E-state index in [0.29, 0.717) is 18.2 Å². The van der Waals surface area contributed by atoms with Gasteiger partial charge in [0.15, 0.2) is 0 Å². The first-order chi connectivity index (χ1) is 18.7. The number of fused-ring (bicyclic) bond motifs is 1. The van der Waals surface area contributed by atoms with Gasteiger partial charge in [-0.2, -0.15) is 26.3 Å². The molecule has 1 aliphatic heterocycles. The zero-order chi connectivity index (χ0) is 31.0. The van der Waals surface area contributed by atoms with Gasteiger partial charge in [0.05, 0.1) is 23.7 Å². The van der Waals surface area contributed by atoms with Gasteiger partial charge in [0.1, 0.15) is 17.7 Å². The molecule has 226 valence electrons. The Labute approximate surface area is 228 Å². The van der Waals surface area contributed by atoms with Crippen LogP contribution in [-0.4, -0.2) is 68.8 Å². The highest BCUT2D eigenvalue weighted by atomic mass is 32.2. The zero-order valence-corrected chi connectivity index (χ0v) is 21.8. The average molecular weight is 617 g/mol. The molecule has 2 atom stereocenters. The van der Waals surface area contributed by atoms with Crippen molar-refractivity contribution in [3.63, 3.8) is 0 Å². The fourth-order valence-corrected chi connectivity index (χ4v) is 4.85. The van der Waals surface area contributed by atoms with Crippen LogP contribution in [0.15, 0.2) is 47.4 Å². The number of hydrogen-bond donors (Lipinski definition) is 3. The molecule has 0 radical (unpaired) electrons. The normalized spacial score (nSPS) is 16.7. The quantitative estimate of drug-likeness (QED) is 0.404. The van der Waals surface area contributed by atoms with E-state index >= 15 is 0 Å². The summed E-state index contributed by atoms with van der Waals surface area (Å²) in [5.41, 5.74) is -3.36. The van der Waals surface area contributed by atoms with Gasteiger partial charge < -0.3 is 19.9 Å². The van der Waals surface area contributed by atoms with Crippen molar-refractivity contribution < 1.29 is 63.3 Å². The van der Waals surface area contributed by atoms with E-state index in [2.05, 4.69) is 4.74 Å². The number of nitrogens with zero attached hydrogens (tertiary/aromatic N) is 1. The maximum atomic E-state index is 13.5. The standard InChI is InChI=1S/C23H22F7N3O7S/c1-21(2,23(28,29)30)40-20(36)32-13-5-8-17-16(9-13)33(41(37,38)15-6-3-12(24)4-7-15)11-14(39-17)10-31-19(35)18(34)22(25,26)27/h3-9,14,18,34H,10-11H2,1-2H3,(H,31,35)(H,32,36)/t14-,18?/m0/s1. The second-order valence-electron chi connectivity index (χ2n) is 9.12. The van der Waals surface area contributed by atoms with Crippen molar-refractivity contribution in [1.29, 1.82) is 0 Å². The third-order valence-electron chi connectivity index (χ3n) is 5.63. The van der Waals surface area contributed by atoms with Gasteiger partial charge in [0, 0.05) is 5.69 Å². The maximum absolute atomic E-state index is 13.5. The Hall–Kier alpha value is -3.80. The number of amides is 2. The van der Waals surface area contributed by atoms with E-state index in [-0.39, 0.29) is 17.1 Å². The Bertz CT molecular complexity index is 1400. The van der Waals surface area contributed by atoms with Gasteiger partial charge >= 0.3 is 18.4 Å². The van der Waals surface area contributed by atoms with Gasteiger partial charge in [-0.1, -0.05) is 0 Å². The van der Waals surface area contributed by atoms with Crippen molar-refractivity contribution in [1.82, 2.24) is 5.32 Å². The average Bonchev–Trinajstić information content (AvgIpc) is 2.85. The minimum absolute atomic E-state index is 0.216. The summed E-state index contributed by atoms with van der Waals surface area (Å²) in [6.07, 6.45) is -16.4. The van der Waals surface area contributed by atoms with Crippen LogP contribution in [-0.2, 0) is 19.6 Å². The molecule has 2 aromatic rings. The number of nitrogens with one attached hydrogen (secondary N) is 2. The molecule has 0 saturated carbocycles. The van der Waals surface area contributed by atoms with Gasteiger partial charge in [-0.3, -0.25) is 14.4 Å². The fourth-order valence-electron chi connectivity index (χ4n) is 3.35. The number of carbonyl (C=O) groups is 2. The lowest BCUT2D eigenvalue weighted by Crippen LogP contribution is -2.51. The van der Waals surface area contributed by atoms with E-state index in [1.807, 2.05) is 10.6 Å². The first-order valence-corrected chi connectivity index (χ1v) is 12.8. The number of sulfonamides is 1. The van der Waals surface area contributed by atoms with Gasteiger partial charge in [-0.25, -0.2) is 17.6 Å². The van der Waals surface area contributed by atoms with Crippen molar-refractivity contribution >= 4 is 33.4 Å². The van der Waals surface area contributed by atoms with Crippen LogP contribution in [0.25, 0.3) is 0 Å². The Balaban J connectivity index is 1.92. The number of halogens is 7. The molecule has 10 nitrogen and oxygen atoms in total. The number of rotatable bonds is 7.